The second-order valence-corrected chi connectivity index (χ2v) is 6.05. The summed E-state index contributed by atoms with van der Waals surface area (Å²) in [7, 11) is -3.68. The van der Waals surface area contributed by atoms with Crippen LogP contribution in [0.3, 0.4) is 0 Å². The lowest BCUT2D eigenvalue weighted by molar-refractivity contribution is 0.323. The van der Waals surface area contributed by atoms with Crippen LogP contribution in [0.1, 0.15) is 0 Å². The molecule has 2 aromatic rings. The highest BCUT2D eigenvalue weighted by atomic mass is 32.2. The Bertz CT molecular complexity index is 702. The monoisotopic (exact) mass is 308 g/mol. The number of anilines is 1. The molecule has 0 bridgehead atoms. The number of aromatic hydroxyl groups is 1. The SMILES string of the molecule is Nc1cc(S(=O)(=O)NCCOc2ccccc2)ccc1O. The third-order valence-electron chi connectivity index (χ3n) is 2.72. The first-order chi connectivity index (χ1) is 9.99. The number of benzene rings is 2. The van der Waals surface area contributed by atoms with E-state index in [0.717, 1.165) is 0 Å². The average Bonchev–Trinajstić information content (AvgIpc) is 2.47. The van der Waals surface area contributed by atoms with E-state index in [9.17, 15) is 13.5 Å². The maximum atomic E-state index is 12.0. The van der Waals surface area contributed by atoms with Gasteiger partial charge in [-0.3, -0.25) is 0 Å². The lowest BCUT2D eigenvalue weighted by atomic mass is 10.3. The summed E-state index contributed by atoms with van der Waals surface area (Å²) in [5.74, 6) is 0.520. The zero-order valence-corrected chi connectivity index (χ0v) is 12.0. The summed E-state index contributed by atoms with van der Waals surface area (Å²) in [5, 5.41) is 9.29. The number of nitrogen functional groups attached to an aromatic ring is 1. The number of para-hydroxylation sites is 1. The predicted molar refractivity (Wildman–Crippen MR) is 79.6 cm³/mol. The van der Waals surface area contributed by atoms with Gasteiger partial charge in [0.05, 0.1) is 10.6 Å². The Kier molecular flexibility index (Phi) is 4.66. The molecule has 0 aliphatic carbocycles. The fourth-order valence-corrected chi connectivity index (χ4v) is 2.69. The van der Waals surface area contributed by atoms with Gasteiger partial charge in [-0.25, -0.2) is 13.1 Å². The molecular weight excluding hydrogens is 292 g/mol. The average molecular weight is 308 g/mol. The molecule has 21 heavy (non-hydrogen) atoms. The Morgan fingerprint density at radius 1 is 1.14 bits per heavy atom. The van der Waals surface area contributed by atoms with E-state index < -0.39 is 10.0 Å². The quantitative estimate of drug-likeness (QED) is 0.424. The Balaban J connectivity index is 1.91. The summed E-state index contributed by atoms with van der Waals surface area (Å²) in [4.78, 5) is -0.00230. The number of phenols is 1. The first-order valence-corrected chi connectivity index (χ1v) is 7.73. The maximum absolute atomic E-state index is 12.0. The molecule has 0 spiro atoms. The molecule has 4 N–H and O–H groups in total. The van der Waals surface area contributed by atoms with Crippen molar-refractivity contribution in [1.29, 1.82) is 0 Å². The molecule has 0 saturated heterocycles. The summed E-state index contributed by atoms with van der Waals surface area (Å²) in [5.41, 5.74) is 5.49. The number of hydrogen-bond donors (Lipinski definition) is 3. The van der Waals surface area contributed by atoms with Crippen LogP contribution in [-0.2, 0) is 10.0 Å². The smallest absolute Gasteiger partial charge is 0.240 e. The Labute approximate surface area is 123 Å². The zero-order chi connectivity index (χ0) is 15.3. The van der Waals surface area contributed by atoms with Crippen molar-refractivity contribution in [3.8, 4) is 11.5 Å². The normalized spacial score (nSPS) is 11.2. The van der Waals surface area contributed by atoms with E-state index in [1.54, 1.807) is 12.1 Å². The first-order valence-electron chi connectivity index (χ1n) is 6.25. The van der Waals surface area contributed by atoms with Crippen molar-refractivity contribution in [2.24, 2.45) is 0 Å². The van der Waals surface area contributed by atoms with E-state index in [0.29, 0.717) is 5.75 Å². The molecule has 0 amide bonds. The van der Waals surface area contributed by atoms with Gasteiger partial charge in [-0.15, -0.1) is 0 Å². The molecule has 0 aliphatic rings. The fraction of sp³-hybridized carbons (Fsp3) is 0.143. The van der Waals surface area contributed by atoms with Gasteiger partial charge in [-0.2, -0.15) is 0 Å². The van der Waals surface area contributed by atoms with Crippen molar-refractivity contribution in [3.63, 3.8) is 0 Å². The molecule has 7 heteroatoms. The van der Waals surface area contributed by atoms with E-state index in [1.807, 2.05) is 18.2 Å². The van der Waals surface area contributed by atoms with Gasteiger partial charge >= 0.3 is 0 Å². The van der Waals surface area contributed by atoms with Gasteiger partial charge in [0.25, 0.3) is 0 Å². The third-order valence-corrected chi connectivity index (χ3v) is 4.17. The van der Waals surface area contributed by atoms with Crippen LogP contribution < -0.4 is 15.2 Å². The Morgan fingerprint density at radius 3 is 2.52 bits per heavy atom. The number of sulfonamides is 1. The number of rotatable bonds is 6. The van der Waals surface area contributed by atoms with Crippen LogP contribution in [0.5, 0.6) is 11.5 Å². The molecular formula is C14H16N2O4S. The van der Waals surface area contributed by atoms with Crippen LogP contribution >= 0.6 is 0 Å². The van der Waals surface area contributed by atoms with Crippen molar-refractivity contribution in [2.45, 2.75) is 4.90 Å². The van der Waals surface area contributed by atoms with E-state index in [1.165, 1.54) is 18.2 Å². The molecule has 0 radical (unpaired) electrons. The molecule has 0 fully saturated rings. The van der Waals surface area contributed by atoms with E-state index in [4.69, 9.17) is 10.5 Å². The molecule has 2 aromatic carbocycles. The topological polar surface area (TPSA) is 102 Å². The first kappa shape index (κ1) is 15.1. The predicted octanol–water partition coefficient (Wildman–Crippen LogP) is 1.33. The summed E-state index contributed by atoms with van der Waals surface area (Å²) >= 11 is 0. The van der Waals surface area contributed by atoms with Crippen LogP contribution in [0, 0.1) is 0 Å². The molecule has 2 rings (SSSR count). The van der Waals surface area contributed by atoms with E-state index in [-0.39, 0.29) is 29.5 Å². The molecule has 0 unspecified atom stereocenters. The molecule has 0 atom stereocenters. The fourth-order valence-electron chi connectivity index (χ4n) is 1.64. The minimum absolute atomic E-state index is 0.00230. The van der Waals surface area contributed by atoms with Crippen molar-refractivity contribution in [3.05, 3.63) is 48.5 Å². The molecule has 0 aliphatic heterocycles. The number of nitrogens with two attached hydrogens (primary N) is 1. The van der Waals surface area contributed by atoms with Gasteiger partial charge < -0.3 is 15.6 Å². The van der Waals surface area contributed by atoms with Crippen molar-refractivity contribution < 1.29 is 18.3 Å². The third kappa shape index (κ3) is 4.11. The van der Waals surface area contributed by atoms with Gasteiger partial charge in [0.1, 0.15) is 18.1 Å². The minimum Gasteiger partial charge on any atom is -0.506 e. The zero-order valence-electron chi connectivity index (χ0n) is 11.2. The standard InChI is InChI=1S/C14H16N2O4S/c15-13-10-12(6-7-14(13)17)21(18,19)16-8-9-20-11-4-2-1-3-5-11/h1-7,10,16-17H,8-9,15H2. The number of nitrogens with one attached hydrogen (secondary N) is 1. The number of phenolic OH excluding ortho intramolecular Hbond substituents is 1. The van der Waals surface area contributed by atoms with E-state index in [2.05, 4.69) is 4.72 Å². The summed E-state index contributed by atoms with van der Waals surface area (Å²) < 4.78 is 31.8. The number of hydrogen-bond acceptors (Lipinski definition) is 5. The second kappa shape index (κ2) is 6.47. The number of ether oxygens (including phenoxy) is 1. The van der Waals surface area contributed by atoms with Crippen molar-refractivity contribution in [1.82, 2.24) is 4.72 Å². The molecule has 0 heterocycles. The molecule has 0 aromatic heterocycles. The van der Waals surface area contributed by atoms with Crippen LogP contribution in [0.2, 0.25) is 0 Å². The largest absolute Gasteiger partial charge is 0.506 e. The Morgan fingerprint density at radius 2 is 1.86 bits per heavy atom. The summed E-state index contributed by atoms with van der Waals surface area (Å²) in [6, 6.07) is 12.8. The molecule has 6 nitrogen and oxygen atoms in total. The highest BCUT2D eigenvalue weighted by Crippen LogP contribution is 2.22. The van der Waals surface area contributed by atoms with Crippen molar-refractivity contribution in [2.75, 3.05) is 18.9 Å². The summed E-state index contributed by atoms with van der Waals surface area (Å²) in [6.07, 6.45) is 0. The maximum Gasteiger partial charge on any atom is 0.240 e. The van der Waals surface area contributed by atoms with Crippen LogP contribution in [0.4, 0.5) is 5.69 Å². The lowest BCUT2D eigenvalue weighted by Crippen LogP contribution is -2.28. The molecule has 112 valence electrons. The second-order valence-electron chi connectivity index (χ2n) is 4.28. The van der Waals surface area contributed by atoms with Crippen LogP contribution in [-0.4, -0.2) is 26.7 Å². The lowest BCUT2D eigenvalue weighted by Gasteiger charge is -2.09. The van der Waals surface area contributed by atoms with Gasteiger partial charge in [-0.1, -0.05) is 18.2 Å². The van der Waals surface area contributed by atoms with Crippen LogP contribution in [0.25, 0.3) is 0 Å². The highest BCUT2D eigenvalue weighted by molar-refractivity contribution is 7.89. The Hall–Kier alpha value is -2.25. The van der Waals surface area contributed by atoms with Gasteiger partial charge in [0.2, 0.25) is 10.0 Å². The van der Waals surface area contributed by atoms with Gasteiger partial charge in [0, 0.05) is 6.54 Å². The van der Waals surface area contributed by atoms with Crippen molar-refractivity contribution >= 4 is 15.7 Å². The highest BCUT2D eigenvalue weighted by Gasteiger charge is 2.14. The van der Waals surface area contributed by atoms with Gasteiger partial charge in [0.15, 0.2) is 0 Å². The minimum atomic E-state index is -3.68. The van der Waals surface area contributed by atoms with E-state index >= 15 is 0 Å². The van der Waals surface area contributed by atoms with Gasteiger partial charge in [-0.05, 0) is 30.3 Å². The van der Waals surface area contributed by atoms with Crippen LogP contribution in [0.15, 0.2) is 53.4 Å². The molecule has 0 saturated carbocycles. The summed E-state index contributed by atoms with van der Waals surface area (Å²) in [6.45, 7) is 0.328.